The molecule has 2 aromatic rings. The summed E-state index contributed by atoms with van der Waals surface area (Å²) in [5.74, 6) is 1.48. The van der Waals surface area contributed by atoms with Crippen molar-refractivity contribution in [3.8, 4) is 5.75 Å². The number of likely N-dealkylation sites (N-methyl/N-ethyl adjacent to an activating group) is 1. The van der Waals surface area contributed by atoms with Crippen LogP contribution >= 0.6 is 23.4 Å². The molecule has 26 heavy (non-hydrogen) atoms. The molecule has 0 radical (unpaired) electrons. The van der Waals surface area contributed by atoms with Crippen LogP contribution in [0.15, 0.2) is 60.0 Å². The van der Waals surface area contributed by atoms with Crippen molar-refractivity contribution in [2.45, 2.75) is 11.4 Å². The smallest absolute Gasteiger partial charge is 0.238 e. The fourth-order valence-electron chi connectivity index (χ4n) is 2.50. The molecule has 0 aliphatic rings. The maximum Gasteiger partial charge on any atom is 0.238 e. The number of benzene rings is 2. The van der Waals surface area contributed by atoms with Crippen LogP contribution in [0.3, 0.4) is 0 Å². The van der Waals surface area contributed by atoms with E-state index in [1.54, 1.807) is 24.9 Å². The number of methoxy groups -OCH3 is 1. The number of carbonyl (C=O) groups is 1. The molecule has 0 saturated carbocycles. The van der Waals surface area contributed by atoms with E-state index in [2.05, 4.69) is 11.9 Å². The predicted octanol–water partition coefficient (Wildman–Crippen LogP) is 4.70. The number of hydrogen-bond donors (Lipinski definition) is 1. The van der Waals surface area contributed by atoms with Crippen molar-refractivity contribution in [1.29, 1.82) is 0 Å². The molecule has 1 N–H and O–H groups in total. The zero-order valence-corrected chi connectivity index (χ0v) is 16.6. The Morgan fingerprint density at radius 1 is 1.35 bits per heavy atom. The molecule has 0 spiro atoms. The van der Waals surface area contributed by atoms with Crippen LogP contribution in [-0.4, -0.2) is 37.3 Å². The van der Waals surface area contributed by atoms with Gasteiger partial charge in [-0.3, -0.25) is 9.69 Å². The number of thioether (sulfide) groups is 1. The highest BCUT2D eigenvalue weighted by Crippen LogP contribution is 2.27. The van der Waals surface area contributed by atoms with Crippen molar-refractivity contribution in [2.24, 2.45) is 0 Å². The van der Waals surface area contributed by atoms with Crippen LogP contribution in [0.1, 0.15) is 5.56 Å². The molecule has 138 valence electrons. The Bertz CT molecular complexity index is 767. The van der Waals surface area contributed by atoms with E-state index in [0.29, 0.717) is 11.6 Å². The fourth-order valence-corrected chi connectivity index (χ4v) is 3.44. The molecular formula is C20H23ClN2O2S. The number of amides is 1. The van der Waals surface area contributed by atoms with Crippen LogP contribution in [0.5, 0.6) is 5.75 Å². The first-order valence-corrected chi connectivity index (χ1v) is 9.53. The lowest BCUT2D eigenvalue weighted by atomic mass is 10.2. The van der Waals surface area contributed by atoms with Crippen molar-refractivity contribution in [3.05, 3.63) is 65.7 Å². The third kappa shape index (κ3) is 6.09. The molecule has 0 heterocycles. The number of nitrogens with one attached hydrogen (secondary N) is 1. The summed E-state index contributed by atoms with van der Waals surface area (Å²) in [6.07, 6.45) is 1.84. The van der Waals surface area contributed by atoms with Gasteiger partial charge in [-0.05, 0) is 37.4 Å². The lowest BCUT2D eigenvalue weighted by Gasteiger charge is -2.19. The van der Waals surface area contributed by atoms with Gasteiger partial charge in [0.25, 0.3) is 0 Å². The Balaban J connectivity index is 1.98. The molecule has 0 aromatic heterocycles. The second-order valence-corrected chi connectivity index (χ2v) is 7.27. The van der Waals surface area contributed by atoms with E-state index in [0.717, 1.165) is 27.6 Å². The summed E-state index contributed by atoms with van der Waals surface area (Å²) >= 11 is 7.71. The lowest BCUT2D eigenvalue weighted by Crippen LogP contribution is -2.30. The summed E-state index contributed by atoms with van der Waals surface area (Å²) in [4.78, 5) is 15.4. The van der Waals surface area contributed by atoms with Gasteiger partial charge in [-0.25, -0.2) is 0 Å². The molecule has 0 aliphatic carbocycles. The second kappa shape index (κ2) is 10.3. The van der Waals surface area contributed by atoms with Gasteiger partial charge in [-0.1, -0.05) is 29.8 Å². The normalized spacial score (nSPS) is 10.6. The summed E-state index contributed by atoms with van der Waals surface area (Å²) in [5, 5.41) is 3.63. The largest absolute Gasteiger partial charge is 0.496 e. The number of ether oxygens (including phenoxy) is 1. The topological polar surface area (TPSA) is 41.6 Å². The minimum atomic E-state index is -0.0693. The summed E-state index contributed by atoms with van der Waals surface area (Å²) in [7, 11) is 3.51. The maximum atomic E-state index is 12.4. The highest BCUT2D eigenvalue weighted by Gasteiger charge is 2.12. The minimum absolute atomic E-state index is 0.0693. The number of para-hydroxylation sites is 1. The second-order valence-electron chi connectivity index (χ2n) is 5.77. The SMILES string of the molecule is C=CCSc1ccccc1NC(=O)CN(C)Cc1cc(Cl)ccc1OC. The first kappa shape index (κ1) is 20.4. The van der Waals surface area contributed by atoms with E-state index in [9.17, 15) is 4.79 Å². The van der Waals surface area contributed by atoms with Crippen LogP contribution in [0, 0.1) is 0 Å². The zero-order valence-electron chi connectivity index (χ0n) is 15.0. The number of carbonyl (C=O) groups excluding carboxylic acids is 1. The Morgan fingerprint density at radius 2 is 2.12 bits per heavy atom. The molecule has 2 rings (SSSR count). The Morgan fingerprint density at radius 3 is 2.85 bits per heavy atom. The minimum Gasteiger partial charge on any atom is -0.496 e. The molecule has 0 bridgehead atoms. The van der Waals surface area contributed by atoms with Crippen LogP contribution in [-0.2, 0) is 11.3 Å². The molecular weight excluding hydrogens is 368 g/mol. The quantitative estimate of drug-likeness (QED) is 0.498. The zero-order chi connectivity index (χ0) is 18.9. The van der Waals surface area contributed by atoms with Gasteiger partial charge < -0.3 is 10.1 Å². The van der Waals surface area contributed by atoms with Gasteiger partial charge in [0.05, 0.1) is 19.3 Å². The van der Waals surface area contributed by atoms with Crippen LogP contribution in [0.25, 0.3) is 0 Å². The predicted molar refractivity (Wildman–Crippen MR) is 110 cm³/mol. The Labute approximate surface area is 164 Å². The monoisotopic (exact) mass is 390 g/mol. The Kier molecular flexibility index (Phi) is 8.04. The van der Waals surface area contributed by atoms with Crippen molar-refractivity contribution in [3.63, 3.8) is 0 Å². The third-order valence-corrected chi connectivity index (χ3v) is 4.92. The average Bonchev–Trinajstić information content (AvgIpc) is 2.61. The molecule has 0 fully saturated rings. The van der Waals surface area contributed by atoms with Gasteiger partial charge >= 0.3 is 0 Å². The van der Waals surface area contributed by atoms with Gasteiger partial charge in [0.15, 0.2) is 0 Å². The van der Waals surface area contributed by atoms with E-state index in [-0.39, 0.29) is 12.5 Å². The van der Waals surface area contributed by atoms with E-state index >= 15 is 0 Å². The maximum absolute atomic E-state index is 12.4. The first-order valence-electron chi connectivity index (χ1n) is 8.17. The van der Waals surface area contributed by atoms with Gasteiger partial charge in [0.2, 0.25) is 5.91 Å². The van der Waals surface area contributed by atoms with E-state index in [1.165, 1.54) is 0 Å². The summed E-state index contributed by atoms with van der Waals surface area (Å²) in [6.45, 7) is 4.55. The fraction of sp³-hybridized carbons (Fsp3) is 0.250. The third-order valence-electron chi connectivity index (χ3n) is 3.61. The molecule has 0 unspecified atom stereocenters. The van der Waals surface area contributed by atoms with Crippen molar-refractivity contribution < 1.29 is 9.53 Å². The van der Waals surface area contributed by atoms with Crippen LogP contribution in [0.2, 0.25) is 5.02 Å². The number of halogens is 1. The van der Waals surface area contributed by atoms with Crippen LogP contribution < -0.4 is 10.1 Å². The highest BCUT2D eigenvalue weighted by atomic mass is 35.5. The van der Waals surface area contributed by atoms with Gasteiger partial charge in [-0.2, -0.15) is 0 Å². The molecule has 2 aromatic carbocycles. The average molecular weight is 391 g/mol. The van der Waals surface area contributed by atoms with E-state index in [4.69, 9.17) is 16.3 Å². The van der Waals surface area contributed by atoms with E-state index < -0.39 is 0 Å². The number of nitrogens with zero attached hydrogens (tertiary/aromatic N) is 1. The molecule has 4 nitrogen and oxygen atoms in total. The number of hydrogen-bond acceptors (Lipinski definition) is 4. The first-order chi connectivity index (χ1) is 12.5. The summed E-state index contributed by atoms with van der Waals surface area (Å²) < 4.78 is 5.36. The van der Waals surface area contributed by atoms with Gasteiger partial charge in [0.1, 0.15) is 5.75 Å². The van der Waals surface area contributed by atoms with Crippen molar-refractivity contribution in [2.75, 3.05) is 31.8 Å². The Hall–Kier alpha value is -1.95. The standard InChI is InChI=1S/C20H23ClN2O2S/c1-4-11-26-19-8-6-5-7-17(19)22-20(24)14-23(2)13-15-12-16(21)9-10-18(15)25-3/h4-10,12H,1,11,13-14H2,2-3H3,(H,22,24). The van der Waals surface area contributed by atoms with E-state index in [1.807, 2.05) is 54.4 Å². The van der Waals surface area contributed by atoms with Gasteiger partial charge in [-0.15, -0.1) is 18.3 Å². The molecule has 0 aliphatic heterocycles. The van der Waals surface area contributed by atoms with Crippen molar-refractivity contribution >= 4 is 35.0 Å². The van der Waals surface area contributed by atoms with Gasteiger partial charge in [0, 0.05) is 27.8 Å². The highest BCUT2D eigenvalue weighted by molar-refractivity contribution is 7.99. The van der Waals surface area contributed by atoms with Crippen LogP contribution in [0.4, 0.5) is 5.69 Å². The van der Waals surface area contributed by atoms with Crippen molar-refractivity contribution in [1.82, 2.24) is 4.90 Å². The number of rotatable bonds is 9. The molecule has 1 amide bonds. The molecule has 0 saturated heterocycles. The summed E-state index contributed by atoms with van der Waals surface area (Å²) in [5.41, 5.74) is 1.76. The summed E-state index contributed by atoms with van der Waals surface area (Å²) in [6, 6.07) is 13.2. The molecule has 0 atom stereocenters. The lowest BCUT2D eigenvalue weighted by molar-refractivity contribution is -0.117. The molecule has 6 heteroatoms. The number of anilines is 1.